The summed E-state index contributed by atoms with van der Waals surface area (Å²) >= 11 is 1.79. The van der Waals surface area contributed by atoms with Crippen molar-refractivity contribution >= 4 is 11.8 Å². The molecule has 0 aliphatic carbocycles. The summed E-state index contributed by atoms with van der Waals surface area (Å²) in [6.45, 7) is 1.90. The SMILES string of the molecule is NCC#Cc1cc(F)cc(CSC2COC2)c1. The van der Waals surface area contributed by atoms with Crippen molar-refractivity contribution in [3.8, 4) is 11.8 Å². The monoisotopic (exact) mass is 251 g/mol. The number of rotatable bonds is 3. The van der Waals surface area contributed by atoms with E-state index in [1.807, 2.05) is 6.07 Å². The molecular weight excluding hydrogens is 237 g/mol. The summed E-state index contributed by atoms with van der Waals surface area (Å²) in [5, 5.41) is 0.553. The van der Waals surface area contributed by atoms with Gasteiger partial charge < -0.3 is 10.5 Å². The molecule has 0 bridgehead atoms. The molecule has 17 heavy (non-hydrogen) atoms. The van der Waals surface area contributed by atoms with Crippen LogP contribution in [-0.4, -0.2) is 25.0 Å². The van der Waals surface area contributed by atoms with Gasteiger partial charge >= 0.3 is 0 Å². The van der Waals surface area contributed by atoms with E-state index in [1.54, 1.807) is 17.8 Å². The van der Waals surface area contributed by atoms with E-state index in [0.717, 1.165) is 24.5 Å². The number of hydrogen-bond donors (Lipinski definition) is 1. The third-order valence-electron chi connectivity index (χ3n) is 2.39. The van der Waals surface area contributed by atoms with E-state index in [9.17, 15) is 4.39 Å². The molecule has 1 aliphatic heterocycles. The molecule has 0 amide bonds. The first-order chi connectivity index (χ1) is 8.28. The van der Waals surface area contributed by atoms with E-state index in [0.29, 0.717) is 17.4 Å². The Balaban J connectivity index is 2.02. The molecule has 1 saturated heterocycles. The lowest BCUT2D eigenvalue weighted by Gasteiger charge is -2.25. The van der Waals surface area contributed by atoms with Crippen molar-refractivity contribution in [2.24, 2.45) is 5.73 Å². The van der Waals surface area contributed by atoms with Gasteiger partial charge in [0.15, 0.2) is 0 Å². The average molecular weight is 251 g/mol. The van der Waals surface area contributed by atoms with Crippen LogP contribution in [0.15, 0.2) is 18.2 Å². The minimum atomic E-state index is -0.241. The second kappa shape index (κ2) is 6.06. The van der Waals surface area contributed by atoms with E-state index < -0.39 is 0 Å². The van der Waals surface area contributed by atoms with Crippen molar-refractivity contribution in [1.82, 2.24) is 0 Å². The van der Waals surface area contributed by atoms with Gasteiger partial charge in [0.2, 0.25) is 0 Å². The predicted octanol–water partition coefficient (Wildman–Crippen LogP) is 1.77. The molecule has 4 heteroatoms. The Hall–Kier alpha value is -1.02. The topological polar surface area (TPSA) is 35.2 Å². The molecule has 90 valence electrons. The van der Waals surface area contributed by atoms with Gasteiger partial charge in [0.25, 0.3) is 0 Å². The van der Waals surface area contributed by atoms with E-state index in [1.165, 1.54) is 6.07 Å². The van der Waals surface area contributed by atoms with Crippen molar-refractivity contribution < 1.29 is 9.13 Å². The highest BCUT2D eigenvalue weighted by Gasteiger charge is 2.18. The summed E-state index contributed by atoms with van der Waals surface area (Å²) in [5.41, 5.74) is 6.94. The molecule has 1 fully saturated rings. The molecule has 1 heterocycles. The molecule has 1 aromatic carbocycles. The first kappa shape index (κ1) is 12.4. The summed E-state index contributed by atoms with van der Waals surface area (Å²) in [6.07, 6.45) is 0. The van der Waals surface area contributed by atoms with Crippen LogP contribution in [0.2, 0.25) is 0 Å². The highest BCUT2D eigenvalue weighted by atomic mass is 32.2. The van der Waals surface area contributed by atoms with Gasteiger partial charge in [-0.1, -0.05) is 11.8 Å². The number of benzene rings is 1. The number of thioether (sulfide) groups is 1. The molecule has 1 aliphatic rings. The summed E-state index contributed by atoms with van der Waals surface area (Å²) in [4.78, 5) is 0. The smallest absolute Gasteiger partial charge is 0.124 e. The van der Waals surface area contributed by atoms with E-state index in [2.05, 4.69) is 11.8 Å². The van der Waals surface area contributed by atoms with Crippen LogP contribution in [0.1, 0.15) is 11.1 Å². The highest BCUT2D eigenvalue weighted by Crippen LogP contribution is 2.24. The van der Waals surface area contributed by atoms with Crippen LogP contribution >= 0.6 is 11.8 Å². The van der Waals surface area contributed by atoms with Crippen molar-refractivity contribution in [2.45, 2.75) is 11.0 Å². The third kappa shape index (κ3) is 3.74. The van der Waals surface area contributed by atoms with Crippen molar-refractivity contribution in [3.05, 3.63) is 35.1 Å². The van der Waals surface area contributed by atoms with Crippen LogP contribution < -0.4 is 5.73 Å². The van der Waals surface area contributed by atoms with Gasteiger partial charge in [-0.2, -0.15) is 0 Å². The molecule has 0 unspecified atom stereocenters. The Morgan fingerprint density at radius 1 is 1.41 bits per heavy atom. The Bertz CT molecular complexity index is 448. The first-order valence-electron chi connectivity index (χ1n) is 5.45. The molecule has 0 atom stereocenters. The van der Waals surface area contributed by atoms with Crippen LogP contribution in [0.25, 0.3) is 0 Å². The number of hydrogen-bond acceptors (Lipinski definition) is 3. The summed E-state index contributed by atoms with van der Waals surface area (Å²) < 4.78 is 18.4. The number of ether oxygens (including phenoxy) is 1. The molecule has 2 nitrogen and oxygen atoms in total. The predicted molar refractivity (Wildman–Crippen MR) is 68.2 cm³/mol. The van der Waals surface area contributed by atoms with Gasteiger partial charge in [0.1, 0.15) is 5.82 Å². The van der Waals surface area contributed by atoms with Crippen molar-refractivity contribution in [2.75, 3.05) is 19.8 Å². The lowest BCUT2D eigenvalue weighted by Crippen LogP contribution is -2.30. The van der Waals surface area contributed by atoms with E-state index in [-0.39, 0.29) is 5.82 Å². The van der Waals surface area contributed by atoms with E-state index >= 15 is 0 Å². The zero-order valence-electron chi connectivity index (χ0n) is 9.41. The molecular formula is C13H14FNOS. The zero-order chi connectivity index (χ0) is 12.1. The second-order valence-corrected chi connectivity index (χ2v) is 5.11. The average Bonchev–Trinajstić information content (AvgIpc) is 2.23. The normalized spacial score (nSPS) is 14.9. The molecule has 0 saturated carbocycles. The standard InChI is InChI=1S/C13H14FNOS/c14-12-5-10(2-1-3-15)4-11(6-12)9-17-13-7-16-8-13/h4-6,13H,3,7-9,15H2. The maximum Gasteiger partial charge on any atom is 0.124 e. The Morgan fingerprint density at radius 3 is 2.88 bits per heavy atom. The van der Waals surface area contributed by atoms with Crippen LogP contribution in [-0.2, 0) is 10.5 Å². The summed E-state index contributed by atoms with van der Waals surface area (Å²) in [5.74, 6) is 6.14. The van der Waals surface area contributed by atoms with Crippen LogP contribution in [0.4, 0.5) is 4.39 Å². The lowest BCUT2D eigenvalue weighted by atomic mass is 10.1. The number of nitrogens with two attached hydrogens (primary N) is 1. The Morgan fingerprint density at radius 2 is 2.24 bits per heavy atom. The molecule has 2 N–H and O–H groups in total. The lowest BCUT2D eigenvalue weighted by molar-refractivity contribution is 0.0455. The van der Waals surface area contributed by atoms with Crippen LogP contribution in [0.3, 0.4) is 0 Å². The van der Waals surface area contributed by atoms with Crippen LogP contribution in [0, 0.1) is 17.7 Å². The Labute approximate surface area is 105 Å². The second-order valence-electron chi connectivity index (χ2n) is 3.82. The molecule has 1 aromatic rings. The summed E-state index contributed by atoms with van der Waals surface area (Å²) in [7, 11) is 0. The van der Waals surface area contributed by atoms with Crippen molar-refractivity contribution in [1.29, 1.82) is 0 Å². The van der Waals surface area contributed by atoms with Crippen molar-refractivity contribution in [3.63, 3.8) is 0 Å². The fraction of sp³-hybridized carbons (Fsp3) is 0.385. The van der Waals surface area contributed by atoms with Crippen LogP contribution in [0.5, 0.6) is 0 Å². The van der Waals surface area contributed by atoms with Gasteiger partial charge in [0.05, 0.1) is 25.0 Å². The number of halogens is 1. The van der Waals surface area contributed by atoms with E-state index in [4.69, 9.17) is 10.5 Å². The van der Waals surface area contributed by atoms with Gasteiger partial charge in [-0.05, 0) is 23.8 Å². The molecule has 0 radical (unpaired) electrons. The van der Waals surface area contributed by atoms with Gasteiger partial charge in [-0.15, -0.1) is 11.8 Å². The zero-order valence-corrected chi connectivity index (χ0v) is 10.2. The fourth-order valence-corrected chi connectivity index (χ4v) is 2.46. The van der Waals surface area contributed by atoms with Gasteiger partial charge in [-0.3, -0.25) is 0 Å². The first-order valence-corrected chi connectivity index (χ1v) is 6.50. The molecule has 0 aromatic heterocycles. The largest absolute Gasteiger partial charge is 0.379 e. The fourth-order valence-electron chi connectivity index (χ4n) is 1.48. The summed E-state index contributed by atoms with van der Waals surface area (Å²) in [6, 6.07) is 4.90. The third-order valence-corrected chi connectivity index (χ3v) is 3.63. The molecule has 0 spiro atoms. The quantitative estimate of drug-likeness (QED) is 0.832. The van der Waals surface area contributed by atoms with Gasteiger partial charge in [-0.25, -0.2) is 4.39 Å². The Kier molecular flexibility index (Phi) is 4.43. The molecule has 2 rings (SSSR count). The maximum absolute atomic E-state index is 13.3. The minimum Gasteiger partial charge on any atom is -0.379 e. The minimum absolute atomic E-state index is 0.241. The maximum atomic E-state index is 13.3. The highest BCUT2D eigenvalue weighted by molar-refractivity contribution is 7.99. The van der Waals surface area contributed by atoms with Gasteiger partial charge in [0, 0.05) is 11.3 Å².